The number of benzene rings is 2. The summed E-state index contributed by atoms with van der Waals surface area (Å²) in [5.74, 6) is -0.475. The number of carbonyl (C=O) groups excluding carboxylic acids is 1. The number of nitrogens with one attached hydrogen (secondary N) is 2. The van der Waals surface area contributed by atoms with Gasteiger partial charge in [-0.05, 0) is 36.4 Å². The number of fused-ring (bicyclic) bond motifs is 1. The Labute approximate surface area is 150 Å². The number of aryl methyl sites for hydroxylation is 1. The zero-order valence-electron chi connectivity index (χ0n) is 13.8. The summed E-state index contributed by atoms with van der Waals surface area (Å²) in [5.41, 5.74) is -1.35. The predicted octanol–water partition coefficient (Wildman–Crippen LogP) is 2.74. The highest BCUT2D eigenvalue weighted by molar-refractivity contribution is 5.90. The number of nitrogens with zero attached hydrogens (tertiary/aromatic N) is 1. The molecule has 1 heterocycles. The first-order chi connectivity index (χ1) is 12.8. The van der Waals surface area contributed by atoms with Gasteiger partial charge in [0.05, 0.1) is 16.5 Å². The minimum absolute atomic E-state index is 0.00257. The maximum Gasteiger partial charge on any atom is 0.416 e. The Morgan fingerprint density at radius 3 is 2.37 bits per heavy atom. The lowest BCUT2D eigenvalue weighted by atomic mass is 10.2. The van der Waals surface area contributed by atoms with Gasteiger partial charge in [0.15, 0.2) is 0 Å². The van der Waals surface area contributed by atoms with Gasteiger partial charge in [0.1, 0.15) is 0 Å². The fourth-order valence-electron chi connectivity index (χ4n) is 2.64. The van der Waals surface area contributed by atoms with Gasteiger partial charge in [0, 0.05) is 18.7 Å². The third-order valence-electron chi connectivity index (χ3n) is 3.96. The van der Waals surface area contributed by atoms with Crippen molar-refractivity contribution in [3.63, 3.8) is 0 Å². The van der Waals surface area contributed by atoms with Crippen LogP contribution in [0, 0.1) is 0 Å². The third-order valence-corrected chi connectivity index (χ3v) is 3.96. The number of rotatable bonds is 4. The minimum Gasteiger partial charge on any atom is -0.326 e. The summed E-state index contributed by atoms with van der Waals surface area (Å²) in [5, 5.41) is 2.80. The van der Waals surface area contributed by atoms with E-state index in [0.717, 1.165) is 24.3 Å². The number of hydrogen-bond acceptors (Lipinski definition) is 3. The Morgan fingerprint density at radius 2 is 1.70 bits per heavy atom. The first-order valence-electron chi connectivity index (χ1n) is 7.95. The van der Waals surface area contributed by atoms with E-state index in [0.29, 0.717) is 10.9 Å². The number of aromatic amines is 1. The fraction of sp³-hybridized carbons (Fsp3) is 0.167. The maximum absolute atomic E-state index is 12.5. The van der Waals surface area contributed by atoms with E-state index >= 15 is 0 Å². The molecule has 6 nitrogen and oxygen atoms in total. The van der Waals surface area contributed by atoms with Crippen LogP contribution in [0.4, 0.5) is 18.9 Å². The molecule has 3 rings (SSSR count). The van der Waals surface area contributed by atoms with Gasteiger partial charge in [-0.25, -0.2) is 4.79 Å². The third kappa shape index (κ3) is 4.08. The fourth-order valence-corrected chi connectivity index (χ4v) is 2.64. The molecular weight excluding hydrogens is 363 g/mol. The quantitative estimate of drug-likeness (QED) is 0.733. The smallest absolute Gasteiger partial charge is 0.326 e. The molecule has 2 N–H and O–H groups in total. The van der Waals surface area contributed by atoms with E-state index in [-0.39, 0.29) is 18.7 Å². The van der Waals surface area contributed by atoms with Crippen molar-refractivity contribution >= 4 is 22.5 Å². The summed E-state index contributed by atoms with van der Waals surface area (Å²) in [4.78, 5) is 38.1. The van der Waals surface area contributed by atoms with Gasteiger partial charge in [-0.2, -0.15) is 13.2 Å². The van der Waals surface area contributed by atoms with Crippen LogP contribution in [0.5, 0.6) is 0 Å². The van der Waals surface area contributed by atoms with Crippen LogP contribution in [0.15, 0.2) is 58.1 Å². The molecule has 0 fully saturated rings. The zero-order chi connectivity index (χ0) is 19.6. The number of halogens is 3. The number of amides is 1. The number of hydrogen-bond donors (Lipinski definition) is 2. The van der Waals surface area contributed by atoms with Crippen LogP contribution < -0.4 is 16.6 Å². The second-order valence-electron chi connectivity index (χ2n) is 5.80. The largest absolute Gasteiger partial charge is 0.416 e. The Hall–Kier alpha value is -3.36. The first kappa shape index (κ1) is 18.4. The average molecular weight is 377 g/mol. The molecule has 0 aliphatic rings. The molecule has 140 valence electrons. The summed E-state index contributed by atoms with van der Waals surface area (Å²) in [6, 6.07) is 10.5. The lowest BCUT2D eigenvalue weighted by molar-refractivity contribution is -0.137. The molecular formula is C18H14F3N3O3. The first-order valence-corrected chi connectivity index (χ1v) is 7.95. The van der Waals surface area contributed by atoms with Gasteiger partial charge in [-0.15, -0.1) is 0 Å². The Balaban J connectivity index is 1.72. The number of anilines is 1. The molecule has 0 unspecified atom stereocenters. The number of alkyl halides is 3. The van der Waals surface area contributed by atoms with Gasteiger partial charge in [0.2, 0.25) is 5.91 Å². The van der Waals surface area contributed by atoms with E-state index in [1.165, 1.54) is 4.57 Å². The molecule has 0 saturated heterocycles. The van der Waals surface area contributed by atoms with Crippen LogP contribution in [0.1, 0.15) is 12.0 Å². The van der Waals surface area contributed by atoms with Gasteiger partial charge in [-0.1, -0.05) is 12.1 Å². The van der Waals surface area contributed by atoms with Crippen molar-refractivity contribution < 1.29 is 18.0 Å². The van der Waals surface area contributed by atoms with E-state index in [1.54, 1.807) is 24.3 Å². The molecule has 0 aliphatic heterocycles. The summed E-state index contributed by atoms with van der Waals surface area (Å²) >= 11 is 0. The van der Waals surface area contributed by atoms with E-state index < -0.39 is 28.9 Å². The van der Waals surface area contributed by atoms with Crippen LogP contribution in [0.25, 0.3) is 10.9 Å². The predicted molar refractivity (Wildman–Crippen MR) is 93.5 cm³/mol. The maximum atomic E-state index is 12.5. The highest BCUT2D eigenvalue weighted by Crippen LogP contribution is 2.29. The molecule has 27 heavy (non-hydrogen) atoms. The van der Waals surface area contributed by atoms with E-state index in [1.807, 2.05) is 0 Å². The van der Waals surface area contributed by atoms with Crippen molar-refractivity contribution in [3.05, 3.63) is 74.9 Å². The molecule has 9 heteroatoms. The normalized spacial score (nSPS) is 11.5. The lowest BCUT2D eigenvalue weighted by Crippen LogP contribution is -2.31. The number of carbonyl (C=O) groups is 1. The highest BCUT2D eigenvalue weighted by Gasteiger charge is 2.29. The van der Waals surface area contributed by atoms with Gasteiger partial charge in [-0.3, -0.25) is 19.1 Å². The zero-order valence-corrected chi connectivity index (χ0v) is 13.8. The molecule has 3 aromatic rings. The summed E-state index contributed by atoms with van der Waals surface area (Å²) < 4.78 is 38.9. The SMILES string of the molecule is O=C(CCn1c(=O)[nH]c(=O)c2ccccc21)Nc1ccc(C(F)(F)F)cc1. The number of H-pyrrole nitrogens is 1. The molecule has 0 radical (unpaired) electrons. The van der Waals surface area contributed by atoms with Crippen LogP contribution in [-0.2, 0) is 17.5 Å². The van der Waals surface area contributed by atoms with Crippen LogP contribution in [0.2, 0.25) is 0 Å². The van der Waals surface area contributed by atoms with Gasteiger partial charge < -0.3 is 5.32 Å². The Bertz CT molecular complexity index is 1100. The molecule has 0 spiro atoms. The monoisotopic (exact) mass is 377 g/mol. The number of aromatic nitrogens is 2. The lowest BCUT2D eigenvalue weighted by Gasteiger charge is -2.11. The summed E-state index contributed by atoms with van der Waals surface area (Å²) in [6.45, 7) is 0.00257. The van der Waals surface area contributed by atoms with Crippen molar-refractivity contribution in [2.75, 3.05) is 5.32 Å². The van der Waals surface area contributed by atoms with Crippen LogP contribution in [-0.4, -0.2) is 15.5 Å². The molecule has 1 amide bonds. The number of para-hydroxylation sites is 1. The molecule has 0 bridgehead atoms. The van der Waals surface area contributed by atoms with Crippen molar-refractivity contribution in [2.24, 2.45) is 0 Å². The van der Waals surface area contributed by atoms with E-state index in [4.69, 9.17) is 0 Å². The molecule has 0 aliphatic carbocycles. The van der Waals surface area contributed by atoms with Gasteiger partial charge >= 0.3 is 11.9 Å². The second-order valence-corrected chi connectivity index (χ2v) is 5.80. The Morgan fingerprint density at radius 1 is 1.04 bits per heavy atom. The van der Waals surface area contributed by atoms with Gasteiger partial charge in [0.25, 0.3) is 5.56 Å². The van der Waals surface area contributed by atoms with E-state index in [9.17, 15) is 27.6 Å². The van der Waals surface area contributed by atoms with Crippen molar-refractivity contribution in [1.29, 1.82) is 0 Å². The van der Waals surface area contributed by atoms with Crippen molar-refractivity contribution in [3.8, 4) is 0 Å². The van der Waals surface area contributed by atoms with Crippen LogP contribution >= 0.6 is 0 Å². The minimum atomic E-state index is -4.45. The Kier molecular flexibility index (Phi) is 4.85. The summed E-state index contributed by atoms with van der Waals surface area (Å²) in [6.07, 6.45) is -4.55. The topological polar surface area (TPSA) is 84.0 Å². The molecule has 1 aromatic heterocycles. The van der Waals surface area contributed by atoms with Crippen molar-refractivity contribution in [1.82, 2.24) is 9.55 Å². The van der Waals surface area contributed by atoms with E-state index in [2.05, 4.69) is 10.3 Å². The van der Waals surface area contributed by atoms with Crippen LogP contribution in [0.3, 0.4) is 0 Å². The molecule has 2 aromatic carbocycles. The van der Waals surface area contributed by atoms with Crippen molar-refractivity contribution in [2.45, 2.75) is 19.1 Å². The molecule has 0 saturated carbocycles. The standard InChI is InChI=1S/C18H14F3N3O3/c19-18(20,21)11-5-7-12(8-6-11)22-15(25)9-10-24-14-4-2-1-3-13(14)16(26)23-17(24)27/h1-8H,9-10H2,(H,22,25)(H,23,26,27). The highest BCUT2D eigenvalue weighted by atomic mass is 19.4. The summed E-state index contributed by atoms with van der Waals surface area (Å²) in [7, 11) is 0. The second kappa shape index (κ2) is 7.10. The molecule has 0 atom stereocenters. The average Bonchev–Trinajstić information content (AvgIpc) is 2.61.